The van der Waals surface area contributed by atoms with Gasteiger partial charge in [0.1, 0.15) is 11.3 Å². The largest absolute Gasteiger partial charge is 0.368 e. The molecule has 2 saturated carbocycles. The number of nitrogens with zero attached hydrogens (tertiary/aromatic N) is 7. The Kier molecular flexibility index (Phi) is 6.50. The lowest BCUT2D eigenvalue weighted by atomic mass is 10.1. The molecule has 1 aliphatic heterocycles. The van der Waals surface area contributed by atoms with Gasteiger partial charge in [-0.2, -0.15) is 5.10 Å². The van der Waals surface area contributed by atoms with Crippen molar-refractivity contribution in [3.8, 4) is 10.7 Å². The number of anilines is 1. The first kappa shape index (κ1) is 28.4. The van der Waals surface area contributed by atoms with Crippen LogP contribution in [0.3, 0.4) is 0 Å². The predicted molar refractivity (Wildman–Crippen MR) is 155 cm³/mol. The Morgan fingerprint density at radius 3 is 2.58 bits per heavy atom. The maximum absolute atomic E-state index is 13.7. The molecule has 43 heavy (non-hydrogen) atoms. The summed E-state index contributed by atoms with van der Waals surface area (Å²) < 4.78 is 64.3. The minimum Gasteiger partial charge on any atom is -0.368 e. The van der Waals surface area contributed by atoms with Gasteiger partial charge in [0.05, 0.1) is 22.3 Å². The van der Waals surface area contributed by atoms with Gasteiger partial charge < -0.3 is 14.5 Å². The number of aromatic nitrogens is 5. The van der Waals surface area contributed by atoms with Crippen molar-refractivity contribution in [2.75, 3.05) is 31.6 Å². The zero-order valence-electron chi connectivity index (χ0n) is 23.7. The van der Waals surface area contributed by atoms with Gasteiger partial charge >= 0.3 is 0 Å². The van der Waals surface area contributed by atoms with Gasteiger partial charge in [-0.15, -0.1) is 10.2 Å². The number of alkyl halides is 2. The molecule has 16 heteroatoms. The fourth-order valence-electron chi connectivity index (χ4n) is 5.73. The van der Waals surface area contributed by atoms with Gasteiger partial charge in [-0.25, -0.2) is 31.4 Å². The van der Waals surface area contributed by atoms with E-state index < -0.39 is 32.6 Å². The molecular weight excluding hydrogens is 602 g/mol. The van der Waals surface area contributed by atoms with Crippen LogP contribution in [-0.4, -0.2) is 87.9 Å². The Hall–Kier alpha value is -3.34. The van der Waals surface area contributed by atoms with Gasteiger partial charge in [0.15, 0.2) is 15.7 Å². The minimum atomic E-state index is -3.98. The van der Waals surface area contributed by atoms with Crippen LogP contribution in [0.25, 0.3) is 27.3 Å². The summed E-state index contributed by atoms with van der Waals surface area (Å²) >= 11 is 0.710. The molecule has 0 unspecified atom stereocenters. The second-order valence-electron chi connectivity index (χ2n) is 11.8. The number of hydrogen-bond donors (Lipinski definition) is 1. The molecule has 4 aromatic rings. The Morgan fingerprint density at radius 2 is 1.95 bits per heavy atom. The van der Waals surface area contributed by atoms with E-state index >= 15 is 0 Å². The highest BCUT2D eigenvalue weighted by Crippen LogP contribution is 2.43. The van der Waals surface area contributed by atoms with Crippen LogP contribution in [-0.2, 0) is 19.6 Å². The number of carbonyl (C=O) groups excluding carboxylic acids is 1. The van der Waals surface area contributed by atoms with Crippen molar-refractivity contribution in [3.05, 3.63) is 29.4 Å². The SMILES string of the molecule is COC1(C(=O)N2CCN(c3cc(S(=O)(=O)NC4(C)CC4)cc4c(-c5nnc(C(F)F)s5)nc5ccnn5c34)C[C@H]2C)CC1. The van der Waals surface area contributed by atoms with E-state index in [-0.39, 0.29) is 27.5 Å². The van der Waals surface area contributed by atoms with Crippen molar-refractivity contribution < 1.29 is 26.7 Å². The van der Waals surface area contributed by atoms with Crippen LogP contribution in [0.2, 0.25) is 0 Å². The second kappa shape index (κ2) is 9.84. The normalized spacial score (nSPS) is 21.2. The van der Waals surface area contributed by atoms with Crippen molar-refractivity contribution in [2.45, 2.75) is 68.0 Å². The molecule has 3 fully saturated rings. The summed E-state index contributed by atoms with van der Waals surface area (Å²) in [6.45, 7) is 5.06. The zero-order chi connectivity index (χ0) is 30.3. The summed E-state index contributed by atoms with van der Waals surface area (Å²) in [5.74, 6) is -0.0303. The third kappa shape index (κ3) is 4.84. The molecule has 1 aromatic carbocycles. The molecular formula is C27H30F2N8O4S2. The van der Waals surface area contributed by atoms with Gasteiger partial charge in [0.25, 0.3) is 12.3 Å². The van der Waals surface area contributed by atoms with Gasteiger partial charge in [0, 0.05) is 49.8 Å². The number of piperazine rings is 1. The quantitative estimate of drug-likeness (QED) is 0.310. The summed E-state index contributed by atoms with van der Waals surface area (Å²) in [6.07, 6.45) is 1.60. The standard InChI is InChI=1S/C27H30F2N8O4S2/c1-15-14-35(10-11-36(15)25(38)27(41-3)7-8-27)18-13-16(43(39,40)34-26(2)5-6-26)12-17-20(23-32-33-24(42-23)22(28)29)31-19-4-9-30-37(19)21(17)18/h4,9,12-13,15,22,34H,5-8,10-11,14H2,1-3H3/t15-/m1/s1. The molecule has 2 aliphatic carbocycles. The van der Waals surface area contributed by atoms with E-state index in [4.69, 9.17) is 4.74 Å². The van der Waals surface area contributed by atoms with Crippen LogP contribution < -0.4 is 9.62 Å². The molecule has 228 valence electrons. The number of benzene rings is 1. The molecule has 4 heterocycles. The van der Waals surface area contributed by atoms with Crippen LogP contribution in [0.1, 0.15) is 51.0 Å². The van der Waals surface area contributed by atoms with Crippen molar-refractivity contribution in [3.63, 3.8) is 0 Å². The van der Waals surface area contributed by atoms with Crippen molar-refractivity contribution in [1.29, 1.82) is 0 Å². The van der Waals surface area contributed by atoms with Gasteiger partial charge in [-0.3, -0.25) is 4.79 Å². The Bertz CT molecular complexity index is 1870. The van der Waals surface area contributed by atoms with Crippen LogP contribution in [0.5, 0.6) is 0 Å². The number of halogens is 2. The first-order valence-corrected chi connectivity index (χ1v) is 16.3. The van der Waals surface area contributed by atoms with E-state index in [0.717, 1.165) is 12.8 Å². The average molecular weight is 633 g/mol. The fraction of sp³-hybridized carbons (Fsp3) is 0.519. The van der Waals surface area contributed by atoms with E-state index in [1.807, 2.05) is 23.6 Å². The van der Waals surface area contributed by atoms with E-state index in [1.165, 1.54) is 6.07 Å². The molecule has 1 amide bonds. The topological polar surface area (TPSA) is 135 Å². The molecule has 0 spiro atoms. The summed E-state index contributed by atoms with van der Waals surface area (Å²) in [5.41, 5.74) is 0.532. The number of rotatable bonds is 8. The third-order valence-corrected chi connectivity index (χ3v) is 11.2. The maximum Gasteiger partial charge on any atom is 0.291 e. The van der Waals surface area contributed by atoms with Crippen molar-refractivity contribution in [2.24, 2.45) is 0 Å². The van der Waals surface area contributed by atoms with Crippen LogP contribution in [0.15, 0.2) is 29.3 Å². The lowest BCUT2D eigenvalue weighted by Crippen LogP contribution is -2.57. The lowest BCUT2D eigenvalue weighted by molar-refractivity contribution is -0.147. The van der Waals surface area contributed by atoms with Crippen LogP contribution >= 0.6 is 11.3 Å². The molecule has 1 saturated heterocycles. The number of fused-ring (bicyclic) bond motifs is 3. The Labute approximate surface area is 250 Å². The number of sulfonamides is 1. The third-order valence-electron chi connectivity index (χ3n) is 8.61. The number of carbonyl (C=O) groups is 1. The molecule has 1 N–H and O–H groups in total. The van der Waals surface area contributed by atoms with E-state index in [0.29, 0.717) is 66.1 Å². The number of nitrogens with one attached hydrogen (secondary N) is 1. The predicted octanol–water partition coefficient (Wildman–Crippen LogP) is 3.39. The fourth-order valence-corrected chi connectivity index (χ4v) is 7.95. The van der Waals surface area contributed by atoms with Crippen LogP contribution in [0, 0.1) is 0 Å². The smallest absolute Gasteiger partial charge is 0.291 e. The highest BCUT2D eigenvalue weighted by atomic mass is 32.2. The lowest BCUT2D eigenvalue weighted by Gasteiger charge is -2.42. The van der Waals surface area contributed by atoms with Crippen LogP contribution in [0.4, 0.5) is 14.5 Å². The molecule has 3 aliphatic rings. The Balaban J connectivity index is 1.39. The van der Waals surface area contributed by atoms with Crippen molar-refractivity contribution in [1.82, 2.24) is 34.4 Å². The molecule has 7 rings (SSSR count). The summed E-state index contributed by atoms with van der Waals surface area (Å²) in [5, 5.41) is 12.2. The first-order valence-electron chi connectivity index (χ1n) is 14.0. The number of ether oxygens (including phenoxy) is 1. The molecule has 0 bridgehead atoms. The molecule has 3 aromatic heterocycles. The zero-order valence-corrected chi connectivity index (χ0v) is 25.4. The maximum atomic E-state index is 13.7. The minimum absolute atomic E-state index is 0.0127. The summed E-state index contributed by atoms with van der Waals surface area (Å²) in [7, 11) is -2.42. The molecule has 1 atom stereocenters. The first-order chi connectivity index (χ1) is 20.4. The molecule has 12 nitrogen and oxygen atoms in total. The highest BCUT2D eigenvalue weighted by molar-refractivity contribution is 7.89. The average Bonchev–Trinajstić information content (AvgIpc) is 3.78. The van der Waals surface area contributed by atoms with Gasteiger partial charge in [-0.05, 0) is 51.7 Å². The second-order valence-corrected chi connectivity index (χ2v) is 14.5. The van der Waals surface area contributed by atoms with Gasteiger partial charge in [0.2, 0.25) is 10.0 Å². The monoisotopic (exact) mass is 632 g/mol. The highest BCUT2D eigenvalue weighted by Gasteiger charge is 2.53. The Morgan fingerprint density at radius 1 is 1.19 bits per heavy atom. The summed E-state index contributed by atoms with van der Waals surface area (Å²) in [6, 6.07) is 4.60. The van der Waals surface area contributed by atoms with E-state index in [9.17, 15) is 22.0 Å². The molecule has 0 radical (unpaired) electrons. The number of amides is 1. The van der Waals surface area contributed by atoms with E-state index in [1.54, 1.807) is 30.0 Å². The summed E-state index contributed by atoms with van der Waals surface area (Å²) in [4.78, 5) is 21.8. The number of hydrogen-bond acceptors (Lipinski definition) is 10. The van der Waals surface area contributed by atoms with E-state index in [2.05, 4.69) is 25.0 Å². The van der Waals surface area contributed by atoms with Gasteiger partial charge in [-0.1, -0.05) is 11.3 Å². The van der Waals surface area contributed by atoms with Crippen molar-refractivity contribution >= 4 is 49.5 Å². The number of methoxy groups -OCH3 is 1.